The van der Waals surface area contributed by atoms with Crippen molar-refractivity contribution in [1.29, 1.82) is 0 Å². The number of carbonyl (C=O) groups excluding carboxylic acids is 2. The first-order chi connectivity index (χ1) is 22.7. The zero-order valence-electron chi connectivity index (χ0n) is 25.0. The lowest BCUT2D eigenvalue weighted by atomic mass is 9.96. The highest BCUT2D eigenvalue weighted by Crippen LogP contribution is 2.35. The van der Waals surface area contributed by atoms with Crippen molar-refractivity contribution in [3.8, 4) is 22.4 Å². The standard InChI is InChI=1S/C34H30F3N7O3/c35-34(36,37)32(46)47-30(38)24-11-9-23(10-12-24)28-25(22-7-2-1-3-8-22)18-26-27(43-28)13-16-39-29(26)31(45)42-19-21-6-4-17-44(20-21)33-40-14-5-15-41-33/h1-3,5,7-16,18,21,30H,4,6,17,19-20,38H2,(H,42,45). The summed E-state index contributed by atoms with van der Waals surface area (Å²) in [5.41, 5.74) is 9.41. The summed E-state index contributed by atoms with van der Waals surface area (Å²) in [7, 11) is 0. The molecule has 2 atom stereocenters. The van der Waals surface area contributed by atoms with Crippen LogP contribution in [0.3, 0.4) is 0 Å². The highest BCUT2D eigenvalue weighted by molar-refractivity contribution is 6.06. The molecule has 13 heteroatoms. The highest BCUT2D eigenvalue weighted by atomic mass is 19.4. The number of esters is 1. The molecule has 3 aromatic heterocycles. The van der Waals surface area contributed by atoms with E-state index in [1.54, 1.807) is 36.7 Å². The van der Waals surface area contributed by atoms with Crippen molar-refractivity contribution in [3.05, 3.63) is 103 Å². The van der Waals surface area contributed by atoms with Crippen LogP contribution < -0.4 is 16.0 Å². The summed E-state index contributed by atoms with van der Waals surface area (Å²) in [5, 5.41) is 3.63. The van der Waals surface area contributed by atoms with Crippen LogP contribution in [0.25, 0.3) is 33.3 Å². The molecule has 3 N–H and O–H groups in total. The molecule has 0 radical (unpaired) electrons. The average molecular weight is 642 g/mol. The van der Waals surface area contributed by atoms with Crippen molar-refractivity contribution in [2.75, 3.05) is 24.5 Å². The summed E-state index contributed by atoms with van der Waals surface area (Å²) >= 11 is 0. The normalized spacial score (nSPS) is 15.7. The fourth-order valence-corrected chi connectivity index (χ4v) is 5.60. The van der Waals surface area contributed by atoms with E-state index >= 15 is 0 Å². The van der Waals surface area contributed by atoms with Gasteiger partial charge < -0.3 is 15.0 Å². The Morgan fingerprint density at radius 1 is 0.957 bits per heavy atom. The predicted molar refractivity (Wildman–Crippen MR) is 169 cm³/mol. The number of pyridine rings is 2. The first-order valence-corrected chi connectivity index (χ1v) is 15.0. The summed E-state index contributed by atoms with van der Waals surface area (Å²) in [5.74, 6) is -1.79. The van der Waals surface area contributed by atoms with Gasteiger partial charge in [-0.25, -0.2) is 19.7 Å². The molecular formula is C34H30F3N7O3. The third-order valence-corrected chi connectivity index (χ3v) is 7.93. The Kier molecular flexibility index (Phi) is 9.07. The number of anilines is 1. The first kappa shape index (κ1) is 31.5. The molecule has 0 spiro atoms. The van der Waals surface area contributed by atoms with Gasteiger partial charge in [0.15, 0.2) is 6.23 Å². The number of hydrogen-bond donors (Lipinski definition) is 2. The van der Waals surface area contributed by atoms with Gasteiger partial charge in [0.2, 0.25) is 5.95 Å². The van der Waals surface area contributed by atoms with Gasteiger partial charge >= 0.3 is 12.1 Å². The second kappa shape index (κ2) is 13.5. The number of benzene rings is 2. The number of nitrogens with one attached hydrogen (secondary N) is 1. The molecule has 47 heavy (non-hydrogen) atoms. The van der Waals surface area contributed by atoms with Gasteiger partial charge in [0.05, 0.1) is 11.2 Å². The van der Waals surface area contributed by atoms with Crippen LogP contribution in [0, 0.1) is 5.92 Å². The van der Waals surface area contributed by atoms with Gasteiger partial charge in [0.25, 0.3) is 5.91 Å². The quantitative estimate of drug-likeness (QED) is 0.167. The minimum atomic E-state index is -5.16. The molecule has 0 aliphatic carbocycles. The number of aromatic nitrogens is 4. The number of nitrogens with zero attached hydrogens (tertiary/aromatic N) is 5. The summed E-state index contributed by atoms with van der Waals surface area (Å²) in [6.07, 6.45) is 0.128. The summed E-state index contributed by atoms with van der Waals surface area (Å²) in [6.45, 7) is 2.05. The van der Waals surface area contributed by atoms with Crippen molar-refractivity contribution in [2.24, 2.45) is 11.7 Å². The van der Waals surface area contributed by atoms with Crippen molar-refractivity contribution < 1.29 is 27.5 Å². The molecule has 1 amide bonds. The maximum Gasteiger partial charge on any atom is 0.490 e. The number of amides is 1. The second-order valence-electron chi connectivity index (χ2n) is 11.1. The molecule has 240 valence electrons. The van der Waals surface area contributed by atoms with Gasteiger partial charge in [0, 0.05) is 60.3 Å². The molecule has 2 unspecified atom stereocenters. The molecule has 1 saturated heterocycles. The monoisotopic (exact) mass is 641 g/mol. The smallest absolute Gasteiger partial charge is 0.436 e. The van der Waals surface area contributed by atoms with Crippen LogP contribution in [0.5, 0.6) is 0 Å². The lowest BCUT2D eigenvalue weighted by molar-refractivity contribution is -0.205. The van der Waals surface area contributed by atoms with E-state index in [9.17, 15) is 22.8 Å². The second-order valence-corrected chi connectivity index (χ2v) is 11.1. The van der Waals surface area contributed by atoms with Crippen LogP contribution in [-0.2, 0) is 9.53 Å². The average Bonchev–Trinajstić information content (AvgIpc) is 3.10. The van der Waals surface area contributed by atoms with Crippen LogP contribution in [0.4, 0.5) is 19.1 Å². The van der Waals surface area contributed by atoms with E-state index in [1.807, 2.05) is 36.4 Å². The molecule has 1 aliphatic heterocycles. The Morgan fingerprint density at radius 2 is 1.70 bits per heavy atom. The van der Waals surface area contributed by atoms with Gasteiger partial charge in [-0.05, 0) is 42.5 Å². The number of ether oxygens (including phenoxy) is 1. The van der Waals surface area contributed by atoms with Crippen LogP contribution >= 0.6 is 0 Å². The molecule has 0 saturated carbocycles. The van der Waals surface area contributed by atoms with Gasteiger partial charge in [-0.1, -0.05) is 54.6 Å². The van der Waals surface area contributed by atoms with E-state index in [0.29, 0.717) is 40.2 Å². The predicted octanol–water partition coefficient (Wildman–Crippen LogP) is 5.46. The lowest BCUT2D eigenvalue weighted by Crippen LogP contribution is -2.41. The van der Waals surface area contributed by atoms with E-state index in [4.69, 9.17) is 10.7 Å². The number of halogens is 3. The van der Waals surface area contributed by atoms with E-state index < -0.39 is 18.4 Å². The maximum absolute atomic E-state index is 13.5. The lowest BCUT2D eigenvalue weighted by Gasteiger charge is -2.32. The fourth-order valence-electron chi connectivity index (χ4n) is 5.60. The van der Waals surface area contributed by atoms with Gasteiger partial charge in [-0.2, -0.15) is 13.2 Å². The minimum Gasteiger partial charge on any atom is -0.436 e. The van der Waals surface area contributed by atoms with Gasteiger partial charge in [0.1, 0.15) is 5.69 Å². The van der Waals surface area contributed by atoms with E-state index in [-0.39, 0.29) is 23.1 Å². The number of alkyl halides is 3. The molecule has 5 aromatic rings. The third-order valence-electron chi connectivity index (χ3n) is 7.93. The zero-order chi connectivity index (χ0) is 33.0. The van der Waals surface area contributed by atoms with Crippen molar-refractivity contribution in [2.45, 2.75) is 25.2 Å². The van der Waals surface area contributed by atoms with Crippen LogP contribution in [0.15, 0.2) is 91.4 Å². The number of nitrogens with two attached hydrogens (primary N) is 1. The molecule has 0 bridgehead atoms. The maximum atomic E-state index is 13.5. The Bertz CT molecular complexity index is 1870. The SMILES string of the molecule is NC(OC(=O)C(F)(F)F)c1ccc(-c2nc3ccnc(C(=O)NCC4CCCN(c5ncccn5)C4)c3cc2-c2ccccc2)cc1. The molecule has 1 fully saturated rings. The van der Waals surface area contributed by atoms with E-state index in [0.717, 1.165) is 31.5 Å². The number of hydrogen-bond acceptors (Lipinski definition) is 9. The van der Waals surface area contributed by atoms with Crippen LogP contribution in [0.1, 0.15) is 35.1 Å². The Morgan fingerprint density at radius 3 is 2.43 bits per heavy atom. The fraction of sp³-hybridized carbons (Fsp3) is 0.235. The molecule has 1 aliphatic rings. The topological polar surface area (TPSA) is 136 Å². The van der Waals surface area contributed by atoms with Crippen molar-refractivity contribution in [1.82, 2.24) is 25.3 Å². The number of carbonyl (C=O) groups is 2. The molecule has 4 heterocycles. The first-order valence-electron chi connectivity index (χ1n) is 15.0. The Labute approximate surface area is 267 Å². The molecule has 10 nitrogen and oxygen atoms in total. The number of rotatable bonds is 8. The largest absolute Gasteiger partial charge is 0.490 e. The third kappa shape index (κ3) is 7.20. The van der Waals surface area contributed by atoms with Gasteiger partial charge in [-0.15, -0.1) is 0 Å². The number of fused-ring (bicyclic) bond motifs is 1. The van der Waals surface area contributed by atoms with Crippen LogP contribution in [0.2, 0.25) is 0 Å². The summed E-state index contributed by atoms with van der Waals surface area (Å²) < 4.78 is 42.3. The minimum absolute atomic E-state index is 0.175. The van der Waals surface area contributed by atoms with Gasteiger partial charge in [-0.3, -0.25) is 15.5 Å². The van der Waals surface area contributed by atoms with Crippen LogP contribution in [-0.4, -0.2) is 57.6 Å². The number of piperidine rings is 1. The Balaban J connectivity index is 1.26. The Hall–Kier alpha value is -5.43. The zero-order valence-corrected chi connectivity index (χ0v) is 25.0. The summed E-state index contributed by atoms with van der Waals surface area (Å²) in [4.78, 5) is 45.0. The molecule has 6 rings (SSSR count). The van der Waals surface area contributed by atoms with E-state index in [1.165, 1.54) is 18.3 Å². The van der Waals surface area contributed by atoms with Crippen molar-refractivity contribution in [3.63, 3.8) is 0 Å². The van der Waals surface area contributed by atoms with Crippen molar-refractivity contribution >= 4 is 28.7 Å². The summed E-state index contributed by atoms with van der Waals surface area (Å²) in [6, 6.07) is 21.1. The highest BCUT2D eigenvalue weighted by Gasteiger charge is 2.42. The molecular weight excluding hydrogens is 611 g/mol. The molecule has 2 aromatic carbocycles. The van der Waals surface area contributed by atoms with E-state index in [2.05, 4.69) is 29.9 Å².